The number of benzene rings is 2. The number of nitrogens with zero attached hydrogens (tertiary/aromatic N) is 4. The molecule has 122 valence electrons. The molecule has 1 N–H and O–H groups in total. The Morgan fingerprint density at radius 3 is 2.71 bits per heavy atom. The Morgan fingerprint density at radius 1 is 1.25 bits per heavy atom. The van der Waals surface area contributed by atoms with Crippen LogP contribution in [-0.2, 0) is 11.2 Å². The Bertz CT molecular complexity index is 820. The van der Waals surface area contributed by atoms with Gasteiger partial charge in [-0.25, -0.2) is 4.68 Å². The summed E-state index contributed by atoms with van der Waals surface area (Å²) in [7, 11) is 0. The van der Waals surface area contributed by atoms with Crippen LogP contribution in [0.25, 0.3) is 0 Å². The second kappa shape index (κ2) is 7.23. The summed E-state index contributed by atoms with van der Waals surface area (Å²) < 4.78 is 1.47. The number of aryl methyl sites for hydroxylation is 1. The van der Waals surface area contributed by atoms with E-state index >= 15 is 0 Å². The van der Waals surface area contributed by atoms with Gasteiger partial charge in [0.25, 0.3) is 0 Å². The lowest BCUT2D eigenvalue weighted by atomic mass is 10.1. The van der Waals surface area contributed by atoms with Gasteiger partial charge in [0.2, 0.25) is 5.91 Å². The molecule has 3 aromatic rings. The molecule has 1 heterocycles. The van der Waals surface area contributed by atoms with Crippen molar-refractivity contribution in [3.63, 3.8) is 0 Å². The smallest absolute Gasteiger partial charge is 0.249 e. The van der Waals surface area contributed by atoms with E-state index in [4.69, 9.17) is 11.6 Å². The van der Waals surface area contributed by atoms with Crippen molar-refractivity contribution in [3.8, 4) is 0 Å². The molecule has 0 aliphatic heterocycles. The largest absolute Gasteiger partial charge is 0.324 e. The van der Waals surface area contributed by atoms with E-state index in [1.807, 2.05) is 37.3 Å². The number of tetrazole rings is 1. The fourth-order valence-electron chi connectivity index (χ4n) is 2.44. The zero-order chi connectivity index (χ0) is 16.9. The fourth-order valence-corrected chi connectivity index (χ4v) is 2.66. The van der Waals surface area contributed by atoms with Crippen molar-refractivity contribution in [2.45, 2.75) is 19.4 Å². The normalized spacial score (nSPS) is 11.9. The van der Waals surface area contributed by atoms with Crippen LogP contribution in [-0.4, -0.2) is 26.1 Å². The van der Waals surface area contributed by atoms with Crippen LogP contribution in [0.1, 0.15) is 17.2 Å². The summed E-state index contributed by atoms with van der Waals surface area (Å²) in [6.45, 7) is 1.89. The van der Waals surface area contributed by atoms with Gasteiger partial charge in [0.15, 0.2) is 0 Å². The Labute approximate surface area is 144 Å². The minimum Gasteiger partial charge on any atom is -0.324 e. The molecule has 0 aliphatic rings. The maximum Gasteiger partial charge on any atom is 0.249 e. The first-order valence-electron chi connectivity index (χ1n) is 7.47. The fraction of sp³-hybridized carbons (Fsp3) is 0.176. The van der Waals surface area contributed by atoms with Crippen LogP contribution in [0.4, 0.5) is 5.69 Å². The molecule has 0 fully saturated rings. The number of hydrogen-bond acceptors (Lipinski definition) is 4. The minimum atomic E-state index is -0.544. The number of amides is 1. The van der Waals surface area contributed by atoms with Gasteiger partial charge < -0.3 is 5.32 Å². The number of rotatable bonds is 5. The van der Waals surface area contributed by atoms with Gasteiger partial charge in [-0.2, -0.15) is 0 Å². The third kappa shape index (κ3) is 3.78. The zero-order valence-corrected chi connectivity index (χ0v) is 13.8. The molecule has 0 aliphatic carbocycles. The molecule has 0 radical (unpaired) electrons. The third-order valence-electron chi connectivity index (χ3n) is 3.71. The predicted octanol–water partition coefficient (Wildman–Crippen LogP) is 3.06. The molecule has 0 saturated carbocycles. The van der Waals surface area contributed by atoms with Crippen LogP contribution >= 0.6 is 11.6 Å². The number of aromatic nitrogens is 4. The molecular weight excluding hydrogens is 326 g/mol. The van der Waals surface area contributed by atoms with E-state index in [9.17, 15) is 4.79 Å². The zero-order valence-electron chi connectivity index (χ0n) is 13.1. The van der Waals surface area contributed by atoms with Crippen molar-refractivity contribution in [2.75, 3.05) is 5.32 Å². The first kappa shape index (κ1) is 16.1. The summed E-state index contributed by atoms with van der Waals surface area (Å²) in [6.07, 6.45) is 1.94. The molecule has 3 rings (SSSR count). The van der Waals surface area contributed by atoms with Crippen molar-refractivity contribution in [1.29, 1.82) is 0 Å². The Morgan fingerprint density at radius 2 is 2.04 bits per heavy atom. The highest BCUT2D eigenvalue weighted by Crippen LogP contribution is 2.22. The average molecular weight is 342 g/mol. The molecule has 0 spiro atoms. The van der Waals surface area contributed by atoms with Crippen LogP contribution in [0.3, 0.4) is 0 Å². The van der Waals surface area contributed by atoms with E-state index in [2.05, 4.69) is 20.8 Å². The standard InChI is InChI=1S/C17H16ClN5O/c1-12-9-14(18)7-8-15(12)20-17(24)16(23-11-19-21-22-23)10-13-5-3-2-4-6-13/h2-9,11,16H,10H2,1H3,(H,20,24). The summed E-state index contributed by atoms with van der Waals surface area (Å²) in [6, 6.07) is 14.5. The second-order valence-corrected chi connectivity index (χ2v) is 5.88. The summed E-state index contributed by atoms with van der Waals surface area (Å²) in [5, 5.41) is 14.7. The monoisotopic (exact) mass is 341 g/mol. The molecule has 6 nitrogen and oxygen atoms in total. The van der Waals surface area contributed by atoms with Crippen LogP contribution < -0.4 is 5.32 Å². The first-order chi connectivity index (χ1) is 11.6. The number of hydrogen-bond donors (Lipinski definition) is 1. The molecule has 1 amide bonds. The summed E-state index contributed by atoms with van der Waals surface area (Å²) in [5.74, 6) is -0.184. The maximum absolute atomic E-state index is 12.8. The van der Waals surface area contributed by atoms with Crippen LogP contribution in [0, 0.1) is 6.92 Å². The number of carbonyl (C=O) groups excluding carboxylic acids is 1. The van der Waals surface area contributed by atoms with Gasteiger partial charge >= 0.3 is 0 Å². The molecule has 0 saturated heterocycles. The van der Waals surface area contributed by atoms with E-state index in [0.29, 0.717) is 11.4 Å². The lowest BCUT2D eigenvalue weighted by molar-refractivity contribution is -0.119. The molecule has 7 heteroatoms. The SMILES string of the molecule is Cc1cc(Cl)ccc1NC(=O)C(Cc1ccccc1)n1cnnn1. The third-order valence-corrected chi connectivity index (χ3v) is 3.94. The van der Waals surface area contributed by atoms with Crippen molar-refractivity contribution >= 4 is 23.2 Å². The van der Waals surface area contributed by atoms with E-state index in [1.165, 1.54) is 11.0 Å². The van der Waals surface area contributed by atoms with E-state index in [-0.39, 0.29) is 5.91 Å². The highest BCUT2D eigenvalue weighted by Gasteiger charge is 2.23. The number of anilines is 1. The minimum absolute atomic E-state index is 0.184. The van der Waals surface area contributed by atoms with Gasteiger partial charge in [-0.05, 0) is 46.7 Å². The lowest BCUT2D eigenvalue weighted by Gasteiger charge is -2.17. The van der Waals surface area contributed by atoms with Crippen molar-refractivity contribution in [2.24, 2.45) is 0 Å². The molecule has 1 aromatic heterocycles. The number of carbonyl (C=O) groups is 1. The first-order valence-corrected chi connectivity index (χ1v) is 7.84. The molecule has 0 bridgehead atoms. The van der Waals surface area contributed by atoms with Crippen molar-refractivity contribution in [1.82, 2.24) is 20.2 Å². The maximum atomic E-state index is 12.8. The highest BCUT2D eigenvalue weighted by molar-refractivity contribution is 6.30. The van der Waals surface area contributed by atoms with E-state index < -0.39 is 6.04 Å². The van der Waals surface area contributed by atoms with Gasteiger partial charge in [0, 0.05) is 17.1 Å². The predicted molar refractivity (Wildman–Crippen MR) is 91.8 cm³/mol. The molecule has 2 aromatic carbocycles. The van der Waals surface area contributed by atoms with Crippen LogP contribution in [0.15, 0.2) is 54.9 Å². The molecule has 1 unspecified atom stereocenters. The Hall–Kier alpha value is -2.73. The Balaban J connectivity index is 1.83. The summed E-state index contributed by atoms with van der Waals surface area (Å²) in [5.41, 5.74) is 2.64. The van der Waals surface area contributed by atoms with Crippen LogP contribution in [0.2, 0.25) is 5.02 Å². The van der Waals surface area contributed by atoms with Gasteiger partial charge in [0.05, 0.1) is 0 Å². The second-order valence-electron chi connectivity index (χ2n) is 5.44. The van der Waals surface area contributed by atoms with E-state index in [1.54, 1.807) is 18.2 Å². The van der Waals surface area contributed by atoms with Gasteiger partial charge in [-0.15, -0.1) is 5.10 Å². The molecule has 1 atom stereocenters. The lowest BCUT2D eigenvalue weighted by Crippen LogP contribution is -2.28. The average Bonchev–Trinajstić information content (AvgIpc) is 3.10. The quantitative estimate of drug-likeness (QED) is 0.774. The molecular formula is C17H16ClN5O. The number of halogens is 1. The number of nitrogens with one attached hydrogen (secondary N) is 1. The van der Waals surface area contributed by atoms with Crippen LogP contribution in [0.5, 0.6) is 0 Å². The highest BCUT2D eigenvalue weighted by atomic mass is 35.5. The molecule has 24 heavy (non-hydrogen) atoms. The Kier molecular flexibility index (Phi) is 4.86. The van der Waals surface area contributed by atoms with Gasteiger partial charge in [-0.1, -0.05) is 41.9 Å². The summed E-state index contributed by atoms with van der Waals surface area (Å²) >= 11 is 5.96. The van der Waals surface area contributed by atoms with E-state index in [0.717, 1.165) is 16.8 Å². The topological polar surface area (TPSA) is 72.7 Å². The van der Waals surface area contributed by atoms with Gasteiger partial charge in [-0.3, -0.25) is 4.79 Å². The van der Waals surface area contributed by atoms with Crippen molar-refractivity contribution in [3.05, 3.63) is 71.0 Å². The summed E-state index contributed by atoms with van der Waals surface area (Å²) in [4.78, 5) is 12.8. The van der Waals surface area contributed by atoms with Gasteiger partial charge in [0.1, 0.15) is 12.4 Å². The van der Waals surface area contributed by atoms with Crippen molar-refractivity contribution < 1.29 is 4.79 Å².